The van der Waals surface area contributed by atoms with E-state index in [-0.39, 0.29) is 11.8 Å². The fraction of sp³-hybridized carbons (Fsp3) is 0.692. The van der Waals surface area contributed by atoms with E-state index in [0.717, 1.165) is 25.2 Å². The van der Waals surface area contributed by atoms with Crippen LogP contribution in [0.3, 0.4) is 0 Å². The van der Waals surface area contributed by atoms with Crippen LogP contribution >= 0.6 is 0 Å². The van der Waals surface area contributed by atoms with Gasteiger partial charge in [-0.15, -0.1) is 0 Å². The van der Waals surface area contributed by atoms with Crippen LogP contribution in [0.2, 0.25) is 0 Å². The molecule has 0 aliphatic carbocycles. The van der Waals surface area contributed by atoms with Crippen LogP contribution in [0.25, 0.3) is 0 Å². The molecule has 1 heterocycles. The van der Waals surface area contributed by atoms with Gasteiger partial charge < -0.3 is 9.67 Å². The Kier molecular flexibility index (Phi) is 4.32. The summed E-state index contributed by atoms with van der Waals surface area (Å²) in [4.78, 5) is 15.0. The molecule has 0 spiro atoms. The Labute approximate surface area is 103 Å². The molecule has 17 heavy (non-hydrogen) atoms. The van der Waals surface area contributed by atoms with Crippen molar-refractivity contribution in [3.63, 3.8) is 0 Å². The molecule has 0 atom stereocenters. The highest BCUT2D eigenvalue weighted by molar-refractivity contribution is 5.69. The quantitative estimate of drug-likeness (QED) is 0.857. The van der Waals surface area contributed by atoms with Crippen molar-refractivity contribution in [2.45, 2.75) is 53.5 Å². The summed E-state index contributed by atoms with van der Waals surface area (Å²) < 4.78 is 2.09. The maximum absolute atomic E-state index is 10.6. The van der Waals surface area contributed by atoms with Gasteiger partial charge in [0.15, 0.2) is 0 Å². The van der Waals surface area contributed by atoms with Crippen LogP contribution in [-0.2, 0) is 24.2 Å². The minimum absolute atomic E-state index is 0.00944. The molecule has 4 heteroatoms. The molecule has 0 aliphatic rings. The molecule has 1 aromatic rings. The molecule has 4 nitrogen and oxygen atoms in total. The number of aromatic nitrogens is 2. The van der Waals surface area contributed by atoms with E-state index in [0.29, 0.717) is 5.69 Å². The number of imidazole rings is 1. The molecule has 0 unspecified atom stereocenters. The zero-order valence-corrected chi connectivity index (χ0v) is 11.2. The second-order valence-electron chi connectivity index (χ2n) is 5.58. The molecule has 0 fully saturated rings. The zero-order valence-electron chi connectivity index (χ0n) is 11.2. The van der Waals surface area contributed by atoms with Gasteiger partial charge in [0, 0.05) is 19.2 Å². The van der Waals surface area contributed by atoms with Crippen molar-refractivity contribution >= 4 is 5.97 Å². The van der Waals surface area contributed by atoms with Gasteiger partial charge in [-0.3, -0.25) is 4.79 Å². The third-order valence-corrected chi connectivity index (χ3v) is 2.66. The van der Waals surface area contributed by atoms with E-state index >= 15 is 0 Å². The summed E-state index contributed by atoms with van der Waals surface area (Å²) >= 11 is 0. The first-order valence-electron chi connectivity index (χ1n) is 6.08. The van der Waals surface area contributed by atoms with Gasteiger partial charge in [0.2, 0.25) is 0 Å². The van der Waals surface area contributed by atoms with E-state index in [1.807, 2.05) is 13.1 Å². The fourth-order valence-corrected chi connectivity index (χ4v) is 1.68. The lowest BCUT2D eigenvalue weighted by Gasteiger charge is -2.18. The highest BCUT2D eigenvalue weighted by Gasteiger charge is 2.13. The van der Waals surface area contributed by atoms with Crippen LogP contribution in [-0.4, -0.2) is 20.6 Å². The Balaban J connectivity index is 2.76. The number of rotatable bonds is 5. The third kappa shape index (κ3) is 4.59. The number of carbonyl (C=O) groups is 1. The number of nitrogens with zero attached hydrogens (tertiary/aromatic N) is 2. The minimum atomic E-state index is -0.826. The highest BCUT2D eigenvalue weighted by atomic mass is 16.4. The van der Waals surface area contributed by atoms with Crippen molar-refractivity contribution in [3.8, 4) is 0 Å². The lowest BCUT2D eigenvalue weighted by Crippen LogP contribution is -2.11. The lowest BCUT2D eigenvalue weighted by molar-refractivity contribution is -0.136. The van der Waals surface area contributed by atoms with Gasteiger partial charge in [0.25, 0.3) is 0 Å². The van der Waals surface area contributed by atoms with Crippen molar-refractivity contribution in [2.24, 2.45) is 5.41 Å². The fourth-order valence-electron chi connectivity index (χ4n) is 1.68. The predicted molar refractivity (Wildman–Crippen MR) is 67.0 cm³/mol. The van der Waals surface area contributed by atoms with E-state index in [2.05, 4.69) is 30.3 Å². The summed E-state index contributed by atoms with van der Waals surface area (Å²) in [6.45, 7) is 9.55. The van der Waals surface area contributed by atoms with Crippen molar-refractivity contribution in [1.29, 1.82) is 0 Å². The van der Waals surface area contributed by atoms with E-state index in [1.165, 1.54) is 0 Å². The van der Waals surface area contributed by atoms with Crippen LogP contribution in [0.15, 0.2) is 6.20 Å². The molecule has 0 aromatic carbocycles. The van der Waals surface area contributed by atoms with Gasteiger partial charge in [0.1, 0.15) is 5.82 Å². The summed E-state index contributed by atoms with van der Waals surface area (Å²) in [6, 6.07) is 0. The van der Waals surface area contributed by atoms with Crippen molar-refractivity contribution in [1.82, 2.24) is 9.55 Å². The molecule has 96 valence electrons. The molecule has 0 radical (unpaired) electrons. The van der Waals surface area contributed by atoms with Crippen LogP contribution in [0.1, 0.15) is 45.6 Å². The van der Waals surface area contributed by atoms with Crippen LogP contribution in [0, 0.1) is 5.41 Å². The first-order chi connectivity index (χ1) is 7.81. The summed E-state index contributed by atoms with van der Waals surface area (Å²) in [5, 5.41) is 8.75. The molecular formula is C13H22N2O2. The monoisotopic (exact) mass is 238 g/mol. The van der Waals surface area contributed by atoms with Gasteiger partial charge in [-0.2, -0.15) is 0 Å². The first kappa shape index (κ1) is 13.7. The van der Waals surface area contributed by atoms with E-state index in [4.69, 9.17) is 5.11 Å². The van der Waals surface area contributed by atoms with Gasteiger partial charge >= 0.3 is 5.97 Å². The number of carboxylic acid groups (broad SMARTS) is 1. The normalized spacial score (nSPS) is 11.8. The molecule has 0 aliphatic heterocycles. The van der Waals surface area contributed by atoms with Crippen LogP contribution < -0.4 is 0 Å². The molecule has 0 saturated carbocycles. The second-order valence-corrected chi connectivity index (χ2v) is 5.58. The lowest BCUT2D eigenvalue weighted by atomic mass is 9.92. The Morgan fingerprint density at radius 1 is 1.47 bits per heavy atom. The predicted octanol–water partition coefficient (Wildman–Crippen LogP) is 2.51. The van der Waals surface area contributed by atoms with Crippen molar-refractivity contribution < 1.29 is 9.90 Å². The maximum atomic E-state index is 10.6. The third-order valence-electron chi connectivity index (χ3n) is 2.66. The molecule has 1 N–H and O–H groups in total. The van der Waals surface area contributed by atoms with Gasteiger partial charge in [-0.1, -0.05) is 27.7 Å². The summed E-state index contributed by atoms with van der Waals surface area (Å²) in [5.41, 5.74) is 0.936. The Bertz CT molecular complexity index is 389. The molecule has 0 bridgehead atoms. The molecule has 1 rings (SSSR count). The van der Waals surface area contributed by atoms with Crippen molar-refractivity contribution in [3.05, 3.63) is 17.7 Å². The summed E-state index contributed by atoms with van der Waals surface area (Å²) in [7, 11) is 0. The van der Waals surface area contributed by atoms with Gasteiger partial charge in [-0.05, 0) is 11.8 Å². The summed E-state index contributed by atoms with van der Waals surface area (Å²) in [5.74, 6) is 0.152. The number of aryl methyl sites for hydroxylation is 2. The topological polar surface area (TPSA) is 55.1 Å². The first-order valence-corrected chi connectivity index (χ1v) is 6.08. The smallest absolute Gasteiger partial charge is 0.309 e. The Hall–Kier alpha value is -1.32. The Morgan fingerprint density at radius 2 is 2.12 bits per heavy atom. The molecule has 0 saturated heterocycles. The van der Waals surface area contributed by atoms with Gasteiger partial charge in [-0.25, -0.2) is 4.98 Å². The average molecular weight is 238 g/mol. The van der Waals surface area contributed by atoms with Crippen LogP contribution in [0.4, 0.5) is 0 Å². The number of aliphatic carboxylic acids is 1. The van der Waals surface area contributed by atoms with Gasteiger partial charge in [0.05, 0.1) is 12.1 Å². The molecule has 1 aromatic heterocycles. The van der Waals surface area contributed by atoms with E-state index in [9.17, 15) is 4.79 Å². The minimum Gasteiger partial charge on any atom is -0.481 e. The largest absolute Gasteiger partial charge is 0.481 e. The molecular weight excluding hydrogens is 216 g/mol. The van der Waals surface area contributed by atoms with Crippen molar-refractivity contribution in [2.75, 3.05) is 0 Å². The average Bonchev–Trinajstić information content (AvgIpc) is 2.55. The SMILES string of the molecule is CCc1nc(CC(=O)O)cn1CCC(C)(C)C. The number of hydrogen-bond acceptors (Lipinski definition) is 2. The molecule has 0 amide bonds. The van der Waals surface area contributed by atoms with E-state index in [1.54, 1.807) is 0 Å². The zero-order chi connectivity index (χ0) is 13.1. The Morgan fingerprint density at radius 3 is 2.59 bits per heavy atom. The maximum Gasteiger partial charge on any atom is 0.309 e. The summed E-state index contributed by atoms with van der Waals surface area (Å²) in [6.07, 6.45) is 3.78. The highest BCUT2D eigenvalue weighted by Crippen LogP contribution is 2.20. The second kappa shape index (κ2) is 5.34. The van der Waals surface area contributed by atoms with E-state index < -0.39 is 5.97 Å². The van der Waals surface area contributed by atoms with Crippen LogP contribution in [0.5, 0.6) is 0 Å². The standard InChI is InChI=1S/C13H22N2O2/c1-5-11-14-10(8-12(16)17)9-15(11)7-6-13(2,3)4/h9H,5-8H2,1-4H3,(H,16,17). The number of hydrogen-bond donors (Lipinski definition) is 1. The number of carboxylic acids is 1.